The fraction of sp³-hybridized carbons (Fsp3) is 1.00. The van der Waals surface area contributed by atoms with E-state index in [1.54, 1.807) is 0 Å². The van der Waals surface area contributed by atoms with Crippen molar-refractivity contribution in [2.45, 2.75) is 57.1 Å². The third-order valence-electron chi connectivity index (χ3n) is 3.51. The maximum atomic E-state index is 9.13. The number of hydrogen-bond acceptors (Lipinski definition) is 2. The van der Waals surface area contributed by atoms with Gasteiger partial charge in [-0.05, 0) is 38.1 Å². The van der Waals surface area contributed by atoms with E-state index in [1.807, 2.05) is 0 Å². The lowest BCUT2D eigenvalue weighted by Crippen LogP contribution is -2.40. The van der Waals surface area contributed by atoms with Gasteiger partial charge in [-0.15, -0.1) is 0 Å². The summed E-state index contributed by atoms with van der Waals surface area (Å²) in [5.74, 6) is 0.761. The molecule has 0 radical (unpaired) electrons. The van der Waals surface area contributed by atoms with Crippen molar-refractivity contribution in [1.29, 1.82) is 0 Å². The van der Waals surface area contributed by atoms with E-state index in [0.717, 1.165) is 31.3 Å². The fourth-order valence-corrected chi connectivity index (χ4v) is 2.51. The van der Waals surface area contributed by atoms with Gasteiger partial charge in [-0.1, -0.05) is 19.3 Å². The molecule has 0 bridgehead atoms. The van der Waals surface area contributed by atoms with Crippen LogP contribution in [0.4, 0.5) is 0 Å². The van der Waals surface area contributed by atoms with Crippen LogP contribution in [0.1, 0.15) is 44.9 Å². The topological polar surface area (TPSA) is 32.3 Å². The summed E-state index contributed by atoms with van der Waals surface area (Å²) in [6, 6.07) is 0.784. The zero-order valence-electron chi connectivity index (χ0n) is 8.34. The molecule has 0 saturated heterocycles. The molecule has 0 amide bonds. The van der Waals surface area contributed by atoms with E-state index in [-0.39, 0.29) is 6.10 Å². The van der Waals surface area contributed by atoms with Gasteiger partial charge in [-0.2, -0.15) is 0 Å². The van der Waals surface area contributed by atoms with Gasteiger partial charge >= 0.3 is 0 Å². The second-order valence-electron chi connectivity index (χ2n) is 4.73. The molecule has 0 unspecified atom stereocenters. The first kappa shape index (κ1) is 9.47. The van der Waals surface area contributed by atoms with Crippen LogP contribution in [-0.4, -0.2) is 23.8 Å². The molecule has 76 valence electrons. The summed E-state index contributed by atoms with van der Waals surface area (Å²) in [7, 11) is 0. The molecule has 0 spiro atoms. The minimum Gasteiger partial charge on any atom is -0.393 e. The van der Waals surface area contributed by atoms with Crippen LogP contribution in [-0.2, 0) is 0 Å². The zero-order valence-corrected chi connectivity index (χ0v) is 8.34. The molecule has 0 aromatic carbocycles. The van der Waals surface area contributed by atoms with Crippen LogP contribution < -0.4 is 5.32 Å². The SMILES string of the molecule is OC1CC(CNC2CCCCC2)C1. The van der Waals surface area contributed by atoms with Crippen molar-refractivity contribution in [2.75, 3.05) is 6.54 Å². The first-order chi connectivity index (χ1) is 6.34. The number of rotatable bonds is 3. The van der Waals surface area contributed by atoms with Gasteiger partial charge in [-0.3, -0.25) is 0 Å². The third kappa shape index (κ3) is 2.68. The maximum absolute atomic E-state index is 9.13. The predicted molar refractivity (Wildman–Crippen MR) is 53.6 cm³/mol. The van der Waals surface area contributed by atoms with Crippen LogP contribution in [0, 0.1) is 5.92 Å². The van der Waals surface area contributed by atoms with E-state index in [4.69, 9.17) is 5.11 Å². The average molecular weight is 183 g/mol. The smallest absolute Gasteiger partial charge is 0.0546 e. The molecule has 2 fully saturated rings. The molecule has 13 heavy (non-hydrogen) atoms. The van der Waals surface area contributed by atoms with Crippen LogP contribution >= 0.6 is 0 Å². The summed E-state index contributed by atoms with van der Waals surface area (Å²) in [5.41, 5.74) is 0. The number of hydrogen-bond donors (Lipinski definition) is 2. The molecule has 2 aliphatic rings. The minimum absolute atomic E-state index is 0.0122. The highest BCUT2D eigenvalue weighted by Gasteiger charge is 2.27. The standard InChI is InChI=1S/C11H21NO/c13-11-6-9(7-11)8-12-10-4-2-1-3-5-10/h9-13H,1-8H2. The van der Waals surface area contributed by atoms with Crippen molar-refractivity contribution in [3.05, 3.63) is 0 Å². The van der Waals surface area contributed by atoms with Gasteiger partial charge < -0.3 is 10.4 Å². The van der Waals surface area contributed by atoms with Gasteiger partial charge in [0, 0.05) is 6.04 Å². The molecule has 2 saturated carbocycles. The molecular weight excluding hydrogens is 162 g/mol. The van der Waals surface area contributed by atoms with Crippen LogP contribution in [0.3, 0.4) is 0 Å². The summed E-state index contributed by atoms with van der Waals surface area (Å²) in [5, 5.41) is 12.8. The monoisotopic (exact) mass is 183 g/mol. The molecule has 2 N–H and O–H groups in total. The van der Waals surface area contributed by atoms with Crippen LogP contribution in [0.25, 0.3) is 0 Å². The van der Waals surface area contributed by atoms with Gasteiger partial charge in [0.15, 0.2) is 0 Å². The minimum atomic E-state index is 0.0122. The van der Waals surface area contributed by atoms with Gasteiger partial charge in [0.05, 0.1) is 6.10 Å². The van der Waals surface area contributed by atoms with Crippen LogP contribution in [0.2, 0.25) is 0 Å². The zero-order chi connectivity index (χ0) is 9.10. The Morgan fingerprint density at radius 2 is 1.77 bits per heavy atom. The largest absolute Gasteiger partial charge is 0.393 e. The van der Waals surface area contributed by atoms with Crippen molar-refractivity contribution >= 4 is 0 Å². The highest BCUT2D eigenvalue weighted by Crippen LogP contribution is 2.27. The van der Waals surface area contributed by atoms with E-state index >= 15 is 0 Å². The van der Waals surface area contributed by atoms with Crippen molar-refractivity contribution in [3.8, 4) is 0 Å². The highest BCUT2D eigenvalue weighted by molar-refractivity contribution is 4.82. The van der Waals surface area contributed by atoms with E-state index < -0.39 is 0 Å². The van der Waals surface area contributed by atoms with E-state index in [9.17, 15) is 0 Å². The van der Waals surface area contributed by atoms with E-state index in [0.29, 0.717) is 0 Å². The molecule has 2 nitrogen and oxygen atoms in total. The van der Waals surface area contributed by atoms with E-state index in [2.05, 4.69) is 5.32 Å². The van der Waals surface area contributed by atoms with Gasteiger partial charge in [0.1, 0.15) is 0 Å². The maximum Gasteiger partial charge on any atom is 0.0546 e. The number of aliphatic hydroxyl groups is 1. The van der Waals surface area contributed by atoms with E-state index in [1.165, 1.54) is 32.1 Å². The van der Waals surface area contributed by atoms with Crippen molar-refractivity contribution in [1.82, 2.24) is 5.32 Å². The summed E-state index contributed by atoms with van der Waals surface area (Å²) in [6.45, 7) is 1.14. The van der Waals surface area contributed by atoms with Crippen LogP contribution in [0.5, 0.6) is 0 Å². The van der Waals surface area contributed by atoms with Crippen LogP contribution in [0.15, 0.2) is 0 Å². The Labute approximate surface area is 80.7 Å². The first-order valence-corrected chi connectivity index (χ1v) is 5.76. The molecule has 2 rings (SSSR count). The molecule has 0 aliphatic heterocycles. The Kier molecular flexibility index (Phi) is 3.23. The lowest BCUT2D eigenvalue weighted by molar-refractivity contribution is 0.0412. The number of aliphatic hydroxyl groups excluding tert-OH is 1. The van der Waals surface area contributed by atoms with Crippen molar-refractivity contribution < 1.29 is 5.11 Å². The van der Waals surface area contributed by atoms with Gasteiger partial charge in [0.2, 0.25) is 0 Å². The Morgan fingerprint density at radius 3 is 2.38 bits per heavy atom. The highest BCUT2D eigenvalue weighted by atomic mass is 16.3. The Hall–Kier alpha value is -0.0800. The summed E-state index contributed by atoms with van der Waals surface area (Å²) >= 11 is 0. The third-order valence-corrected chi connectivity index (χ3v) is 3.51. The molecule has 2 aliphatic carbocycles. The molecule has 2 heteroatoms. The lowest BCUT2D eigenvalue weighted by atomic mass is 9.82. The Bertz CT molecular complexity index is 148. The molecule has 0 heterocycles. The van der Waals surface area contributed by atoms with Gasteiger partial charge in [0.25, 0.3) is 0 Å². The predicted octanol–water partition coefficient (Wildman–Crippen LogP) is 1.68. The molecule has 0 aromatic rings. The van der Waals surface area contributed by atoms with Crippen molar-refractivity contribution in [3.63, 3.8) is 0 Å². The Balaban J connectivity index is 1.56. The van der Waals surface area contributed by atoms with Gasteiger partial charge in [-0.25, -0.2) is 0 Å². The lowest BCUT2D eigenvalue weighted by Gasteiger charge is -2.33. The first-order valence-electron chi connectivity index (χ1n) is 5.76. The molecule has 0 aromatic heterocycles. The summed E-state index contributed by atoms with van der Waals surface area (Å²) in [4.78, 5) is 0. The average Bonchev–Trinajstić information content (AvgIpc) is 2.12. The normalized spacial score (nSPS) is 35.8. The quantitative estimate of drug-likeness (QED) is 0.697. The fourth-order valence-electron chi connectivity index (χ4n) is 2.51. The number of nitrogens with one attached hydrogen (secondary N) is 1. The second-order valence-corrected chi connectivity index (χ2v) is 4.73. The second kappa shape index (κ2) is 4.43. The van der Waals surface area contributed by atoms with Crippen molar-refractivity contribution in [2.24, 2.45) is 5.92 Å². The Morgan fingerprint density at radius 1 is 1.08 bits per heavy atom. The molecule has 0 atom stereocenters. The molecular formula is C11H21NO. The summed E-state index contributed by atoms with van der Waals surface area (Å²) < 4.78 is 0. The summed E-state index contributed by atoms with van der Waals surface area (Å²) in [6.07, 6.45) is 9.05.